The zero-order valence-electron chi connectivity index (χ0n) is 22.4. The number of aryl methyl sites for hydroxylation is 3. The van der Waals surface area contributed by atoms with Crippen LogP contribution in [-0.4, -0.2) is 45.7 Å². The monoisotopic (exact) mass is 536 g/mol. The Balaban J connectivity index is 1.43. The quantitative estimate of drug-likeness (QED) is 0.198. The lowest BCUT2D eigenvalue weighted by molar-refractivity contribution is 0.0561. The van der Waals surface area contributed by atoms with Gasteiger partial charge in [0, 0.05) is 42.1 Å². The van der Waals surface area contributed by atoms with Gasteiger partial charge in [0.05, 0.1) is 12.0 Å². The van der Waals surface area contributed by atoms with Crippen LogP contribution < -0.4 is 10.6 Å². The van der Waals surface area contributed by atoms with Crippen LogP contribution in [0.3, 0.4) is 0 Å². The number of nitrogens with one attached hydrogen (secondary N) is 3. The molecule has 3 N–H and O–H groups in total. The number of carbonyl (C=O) groups is 1. The maximum Gasteiger partial charge on any atom is 0.414 e. The lowest BCUT2D eigenvalue weighted by Crippen LogP contribution is -2.44. The number of unbranched alkanes of at least 4 members (excludes halogenated alkanes) is 1. The van der Waals surface area contributed by atoms with Gasteiger partial charge < -0.3 is 15.0 Å². The van der Waals surface area contributed by atoms with Crippen molar-refractivity contribution in [2.45, 2.75) is 70.8 Å². The van der Waals surface area contributed by atoms with Crippen LogP contribution in [-0.2, 0) is 24.0 Å². The van der Waals surface area contributed by atoms with Gasteiger partial charge in [-0.25, -0.2) is 9.78 Å². The van der Waals surface area contributed by atoms with Gasteiger partial charge in [-0.2, -0.15) is 0 Å². The zero-order chi connectivity index (χ0) is 27.0. The average molecular weight is 537 g/mol. The summed E-state index contributed by atoms with van der Waals surface area (Å²) in [5.41, 5.74) is 5.40. The first-order valence-electron chi connectivity index (χ1n) is 13.3. The van der Waals surface area contributed by atoms with Crippen molar-refractivity contribution in [2.24, 2.45) is 4.99 Å². The fourth-order valence-electron chi connectivity index (χ4n) is 4.73. The number of ether oxygens (including phenoxy) is 1. The van der Waals surface area contributed by atoms with Crippen LogP contribution in [0.1, 0.15) is 74.0 Å². The highest BCUT2D eigenvalue weighted by atomic mass is 35.5. The van der Waals surface area contributed by atoms with Gasteiger partial charge in [0.2, 0.25) is 5.96 Å². The number of rotatable bonds is 8. The van der Waals surface area contributed by atoms with Crippen molar-refractivity contribution < 1.29 is 9.53 Å². The summed E-state index contributed by atoms with van der Waals surface area (Å²) in [5.74, 6) is 0.539. The summed E-state index contributed by atoms with van der Waals surface area (Å²) in [6.07, 6.45) is 10.3. The first-order chi connectivity index (χ1) is 18.3. The molecule has 202 valence electrons. The second-order valence-corrected chi connectivity index (χ2v) is 11.0. The standard InChI is InChI=1S/C29H37ClN6O2/c1-29(2,3)38-28(37)36-27(33-14-5-4-8-23-18-31-19-35-23)34-16-13-25-24-12-11-22(30)17-21(24)10-9-20-7-6-15-32-26(20)25/h6-7,11-12,15,17-19,25H,4-5,8-10,13-14,16H2,1-3H3,(H,31,35)(H2,33,34,36,37). The predicted molar refractivity (Wildman–Crippen MR) is 151 cm³/mol. The third-order valence-corrected chi connectivity index (χ3v) is 6.66. The number of alkyl carbamates (subject to hydrolysis) is 1. The van der Waals surface area contributed by atoms with E-state index in [1.54, 1.807) is 6.33 Å². The molecule has 1 atom stereocenters. The lowest BCUT2D eigenvalue weighted by atomic mass is 9.89. The summed E-state index contributed by atoms with van der Waals surface area (Å²) in [7, 11) is 0. The van der Waals surface area contributed by atoms with E-state index in [0.29, 0.717) is 19.0 Å². The number of imidazole rings is 1. The number of H-pyrrole nitrogens is 1. The largest absolute Gasteiger partial charge is 0.444 e. The third-order valence-electron chi connectivity index (χ3n) is 6.42. The number of aromatic amines is 1. The van der Waals surface area contributed by atoms with E-state index in [0.717, 1.165) is 54.9 Å². The molecular formula is C29H37ClN6O2. The fourth-order valence-corrected chi connectivity index (χ4v) is 4.92. The molecule has 0 spiro atoms. The number of guanidine groups is 1. The zero-order valence-corrected chi connectivity index (χ0v) is 23.1. The number of amides is 1. The number of hydrogen-bond acceptors (Lipinski definition) is 5. The molecular weight excluding hydrogens is 500 g/mol. The number of nitrogens with zero attached hydrogens (tertiary/aromatic N) is 3. The highest BCUT2D eigenvalue weighted by molar-refractivity contribution is 6.30. The molecule has 8 nitrogen and oxygen atoms in total. The summed E-state index contributed by atoms with van der Waals surface area (Å²) in [4.78, 5) is 29.1. The van der Waals surface area contributed by atoms with Crippen LogP contribution in [0.4, 0.5) is 4.79 Å². The number of hydrogen-bond donors (Lipinski definition) is 3. The SMILES string of the molecule is CC(C)(C)OC(=O)NC(=NCCCCc1cnc[nH]1)NCCC1c2ccc(Cl)cc2CCc2cccnc21. The van der Waals surface area contributed by atoms with Gasteiger partial charge in [-0.1, -0.05) is 23.7 Å². The van der Waals surface area contributed by atoms with Gasteiger partial charge in [-0.3, -0.25) is 15.3 Å². The van der Waals surface area contributed by atoms with Gasteiger partial charge in [-0.05, 0) is 94.2 Å². The first-order valence-corrected chi connectivity index (χ1v) is 13.6. The van der Waals surface area contributed by atoms with E-state index in [9.17, 15) is 4.79 Å². The van der Waals surface area contributed by atoms with Gasteiger partial charge in [-0.15, -0.1) is 0 Å². The second kappa shape index (κ2) is 12.9. The van der Waals surface area contributed by atoms with Gasteiger partial charge >= 0.3 is 6.09 Å². The van der Waals surface area contributed by atoms with E-state index in [1.807, 2.05) is 45.3 Å². The van der Waals surface area contributed by atoms with Crippen LogP contribution in [0.5, 0.6) is 0 Å². The van der Waals surface area contributed by atoms with Crippen molar-refractivity contribution >= 4 is 23.7 Å². The topological polar surface area (TPSA) is 104 Å². The second-order valence-electron chi connectivity index (χ2n) is 10.6. The minimum Gasteiger partial charge on any atom is -0.444 e. The van der Waals surface area contributed by atoms with E-state index in [4.69, 9.17) is 21.3 Å². The molecule has 1 aliphatic rings. The molecule has 0 aliphatic heterocycles. The van der Waals surface area contributed by atoms with Gasteiger partial charge in [0.1, 0.15) is 5.60 Å². The molecule has 1 aliphatic carbocycles. The number of aromatic nitrogens is 3. The maximum atomic E-state index is 12.5. The van der Waals surface area contributed by atoms with E-state index in [2.05, 4.69) is 43.8 Å². The Morgan fingerprint density at radius 2 is 2.05 bits per heavy atom. The van der Waals surface area contributed by atoms with E-state index >= 15 is 0 Å². The van der Waals surface area contributed by atoms with Crippen LogP contribution in [0.2, 0.25) is 5.02 Å². The predicted octanol–water partition coefficient (Wildman–Crippen LogP) is 5.57. The van der Waals surface area contributed by atoms with Gasteiger partial charge in [0.15, 0.2) is 0 Å². The molecule has 0 bridgehead atoms. The summed E-state index contributed by atoms with van der Waals surface area (Å²) in [6.45, 7) is 6.71. The Bertz CT molecular complexity index is 1240. The molecule has 38 heavy (non-hydrogen) atoms. The third kappa shape index (κ3) is 8.05. The minimum absolute atomic E-state index is 0.116. The molecule has 1 amide bonds. The van der Waals surface area contributed by atoms with E-state index in [-0.39, 0.29) is 5.92 Å². The Morgan fingerprint density at radius 3 is 2.84 bits per heavy atom. The molecule has 2 aromatic heterocycles. The molecule has 1 unspecified atom stereocenters. The van der Waals surface area contributed by atoms with Crippen LogP contribution >= 0.6 is 11.6 Å². The molecule has 2 heterocycles. The highest BCUT2D eigenvalue weighted by Crippen LogP contribution is 2.36. The van der Waals surface area contributed by atoms with Crippen molar-refractivity contribution in [3.8, 4) is 0 Å². The normalized spacial score (nSPS) is 15.3. The van der Waals surface area contributed by atoms with E-state index in [1.165, 1.54) is 16.7 Å². The van der Waals surface area contributed by atoms with E-state index < -0.39 is 11.7 Å². The Kier molecular flexibility index (Phi) is 9.39. The maximum absolute atomic E-state index is 12.5. The Morgan fingerprint density at radius 1 is 1.21 bits per heavy atom. The first kappa shape index (κ1) is 27.6. The number of carbonyl (C=O) groups excluding carboxylic acids is 1. The molecule has 9 heteroatoms. The fraction of sp³-hybridized carbons (Fsp3) is 0.448. The molecule has 0 fully saturated rings. The Hall–Kier alpha value is -3.39. The smallest absolute Gasteiger partial charge is 0.414 e. The van der Waals surface area contributed by atoms with Crippen LogP contribution in [0, 0.1) is 0 Å². The number of fused-ring (bicyclic) bond motifs is 2. The van der Waals surface area contributed by atoms with Crippen molar-refractivity contribution in [2.75, 3.05) is 13.1 Å². The molecule has 1 aromatic carbocycles. The summed E-state index contributed by atoms with van der Waals surface area (Å²) in [6, 6.07) is 10.3. The number of aliphatic imine (C=N–C) groups is 1. The molecule has 0 saturated carbocycles. The summed E-state index contributed by atoms with van der Waals surface area (Å²) in [5, 5.41) is 6.90. The highest BCUT2D eigenvalue weighted by Gasteiger charge is 2.25. The average Bonchev–Trinajstić information content (AvgIpc) is 3.33. The summed E-state index contributed by atoms with van der Waals surface area (Å²) >= 11 is 6.33. The number of halogens is 1. The Labute approximate surface area is 229 Å². The molecule has 3 aromatic rings. The lowest BCUT2D eigenvalue weighted by Gasteiger charge is -2.22. The van der Waals surface area contributed by atoms with Crippen molar-refractivity contribution in [1.29, 1.82) is 0 Å². The van der Waals surface area contributed by atoms with Gasteiger partial charge in [0.25, 0.3) is 0 Å². The summed E-state index contributed by atoms with van der Waals surface area (Å²) < 4.78 is 5.46. The van der Waals surface area contributed by atoms with Crippen LogP contribution in [0.15, 0.2) is 54.0 Å². The van der Waals surface area contributed by atoms with Crippen LogP contribution in [0.25, 0.3) is 0 Å². The van der Waals surface area contributed by atoms with Crippen molar-refractivity contribution in [3.05, 3.63) is 82.2 Å². The molecule has 0 saturated heterocycles. The number of benzene rings is 1. The minimum atomic E-state index is -0.597. The number of pyridine rings is 1. The molecule has 4 rings (SSSR count). The van der Waals surface area contributed by atoms with Crippen molar-refractivity contribution in [1.82, 2.24) is 25.6 Å². The molecule has 0 radical (unpaired) electrons. The van der Waals surface area contributed by atoms with Crippen molar-refractivity contribution in [3.63, 3.8) is 0 Å².